The van der Waals surface area contributed by atoms with E-state index in [0.717, 1.165) is 22.6 Å². The standard InChI is InChI=1S/C20H23ClN4O3/c1-5-25-17(16(21)9-23-25)10-22-20(26)19-15(14(4)28-24-19)11-27-18-8-12(2)6-7-13(18)3/h6-9H,5,10-11H2,1-4H3,(H,22,26). The van der Waals surface area contributed by atoms with Crippen molar-refractivity contribution in [1.29, 1.82) is 0 Å². The number of carbonyl (C=O) groups excluding carboxylic acids is 1. The van der Waals surface area contributed by atoms with Gasteiger partial charge in [0.15, 0.2) is 5.69 Å². The number of hydrogen-bond acceptors (Lipinski definition) is 5. The Morgan fingerprint density at radius 1 is 1.32 bits per heavy atom. The van der Waals surface area contributed by atoms with Gasteiger partial charge in [-0.2, -0.15) is 5.10 Å². The molecule has 0 unspecified atom stereocenters. The second-order valence-electron chi connectivity index (χ2n) is 6.56. The molecule has 0 atom stereocenters. The smallest absolute Gasteiger partial charge is 0.274 e. The zero-order valence-electron chi connectivity index (χ0n) is 16.4. The molecular formula is C20H23ClN4O3. The largest absolute Gasteiger partial charge is 0.488 e. The van der Waals surface area contributed by atoms with Crippen molar-refractivity contribution in [1.82, 2.24) is 20.3 Å². The fraction of sp³-hybridized carbons (Fsp3) is 0.350. The van der Waals surface area contributed by atoms with E-state index in [1.807, 2.05) is 39.0 Å². The molecule has 0 fully saturated rings. The second-order valence-corrected chi connectivity index (χ2v) is 6.97. The topological polar surface area (TPSA) is 82.2 Å². The zero-order valence-corrected chi connectivity index (χ0v) is 17.1. The summed E-state index contributed by atoms with van der Waals surface area (Å²) < 4.78 is 12.9. The van der Waals surface area contributed by atoms with Gasteiger partial charge in [0.05, 0.1) is 29.0 Å². The molecule has 0 aliphatic carbocycles. The highest BCUT2D eigenvalue weighted by molar-refractivity contribution is 6.31. The highest BCUT2D eigenvalue weighted by Gasteiger charge is 2.21. The Kier molecular flexibility index (Phi) is 6.04. The van der Waals surface area contributed by atoms with Crippen LogP contribution in [0.15, 0.2) is 28.9 Å². The van der Waals surface area contributed by atoms with Gasteiger partial charge in [-0.3, -0.25) is 9.48 Å². The molecule has 3 aromatic rings. The van der Waals surface area contributed by atoms with Gasteiger partial charge in [0, 0.05) is 6.54 Å². The molecule has 0 spiro atoms. The summed E-state index contributed by atoms with van der Waals surface area (Å²) in [6, 6.07) is 5.99. The van der Waals surface area contributed by atoms with E-state index >= 15 is 0 Å². The Morgan fingerprint density at radius 2 is 2.11 bits per heavy atom. The molecule has 7 nitrogen and oxygen atoms in total. The van der Waals surface area contributed by atoms with Crippen LogP contribution >= 0.6 is 11.6 Å². The van der Waals surface area contributed by atoms with Crippen LogP contribution in [-0.2, 0) is 19.7 Å². The third kappa shape index (κ3) is 4.20. The molecule has 2 heterocycles. The van der Waals surface area contributed by atoms with Crippen LogP contribution in [0.25, 0.3) is 0 Å². The van der Waals surface area contributed by atoms with E-state index in [9.17, 15) is 4.79 Å². The maximum absolute atomic E-state index is 12.7. The molecule has 1 N–H and O–H groups in total. The van der Waals surface area contributed by atoms with Gasteiger partial charge in [0.1, 0.15) is 18.1 Å². The Bertz CT molecular complexity index is 993. The summed E-state index contributed by atoms with van der Waals surface area (Å²) in [6.45, 7) is 8.79. The van der Waals surface area contributed by atoms with Crippen molar-refractivity contribution >= 4 is 17.5 Å². The Hall–Kier alpha value is -2.80. The predicted molar refractivity (Wildman–Crippen MR) is 106 cm³/mol. The molecule has 2 aromatic heterocycles. The summed E-state index contributed by atoms with van der Waals surface area (Å²) in [4.78, 5) is 12.7. The maximum Gasteiger partial charge on any atom is 0.274 e. The molecule has 0 aliphatic heterocycles. The summed E-state index contributed by atoms with van der Waals surface area (Å²) in [7, 11) is 0. The molecule has 148 valence electrons. The van der Waals surface area contributed by atoms with E-state index in [2.05, 4.69) is 15.6 Å². The average Bonchev–Trinajstić information content (AvgIpc) is 3.22. The first-order valence-electron chi connectivity index (χ1n) is 9.04. The summed E-state index contributed by atoms with van der Waals surface area (Å²) >= 11 is 6.14. The number of hydrogen-bond donors (Lipinski definition) is 1. The minimum atomic E-state index is -0.351. The molecular weight excluding hydrogens is 380 g/mol. The number of aromatic nitrogens is 3. The van der Waals surface area contributed by atoms with Gasteiger partial charge in [-0.05, 0) is 44.9 Å². The first-order valence-corrected chi connectivity index (χ1v) is 9.42. The van der Waals surface area contributed by atoms with Crippen molar-refractivity contribution in [2.45, 2.75) is 47.4 Å². The summed E-state index contributed by atoms with van der Waals surface area (Å²) in [5.41, 5.74) is 3.69. The summed E-state index contributed by atoms with van der Waals surface area (Å²) in [6.07, 6.45) is 1.57. The average molecular weight is 403 g/mol. The van der Waals surface area contributed by atoms with Gasteiger partial charge in [0.25, 0.3) is 5.91 Å². The van der Waals surface area contributed by atoms with Gasteiger partial charge < -0.3 is 14.6 Å². The summed E-state index contributed by atoms with van der Waals surface area (Å²) in [5.74, 6) is 0.967. The van der Waals surface area contributed by atoms with E-state index in [4.69, 9.17) is 20.9 Å². The molecule has 0 radical (unpaired) electrons. The van der Waals surface area contributed by atoms with Crippen LogP contribution in [0, 0.1) is 20.8 Å². The fourth-order valence-electron chi connectivity index (χ4n) is 2.84. The number of amides is 1. The van der Waals surface area contributed by atoms with Gasteiger partial charge in [-0.25, -0.2) is 0 Å². The number of ether oxygens (including phenoxy) is 1. The first-order chi connectivity index (χ1) is 13.4. The van der Waals surface area contributed by atoms with Crippen molar-refractivity contribution in [2.75, 3.05) is 0 Å². The molecule has 1 aromatic carbocycles. The Balaban J connectivity index is 1.72. The van der Waals surface area contributed by atoms with E-state index in [1.54, 1.807) is 17.8 Å². The highest BCUT2D eigenvalue weighted by atomic mass is 35.5. The lowest BCUT2D eigenvalue weighted by Crippen LogP contribution is -2.26. The minimum absolute atomic E-state index is 0.191. The molecule has 0 saturated heterocycles. The van der Waals surface area contributed by atoms with Gasteiger partial charge in [-0.1, -0.05) is 28.9 Å². The number of carbonyl (C=O) groups is 1. The van der Waals surface area contributed by atoms with Gasteiger partial charge >= 0.3 is 0 Å². The van der Waals surface area contributed by atoms with Gasteiger partial charge in [0.2, 0.25) is 0 Å². The molecule has 3 rings (SSSR count). The van der Waals surface area contributed by atoms with Crippen LogP contribution in [-0.4, -0.2) is 20.8 Å². The minimum Gasteiger partial charge on any atom is -0.488 e. The summed E-state index contributed by atoms with van der Waals surface area (Å²) in [5, 5.41) is 11.4. The van der Waals surface area contributed by atoms with Crippen LogP contribution < -0.4 is 10.1 Å². The van der Waals surface area contributed by atoms with Crippen LogP contribution in [0.4, 0.5) is 0 Å². The molecule has 0 saturated carbocycles. The lowest BCUT2D eigenvalue weighted by Gasteiger charge is -2.11. The third-order valence-electron chi connectivity index (χ3n) is 4.53. The third-order valence-corrected chi connectivity index (χ3v) is 4.84. The number of rotatable bonds is 7. The highest BCUT2D eigenvalue weighted by Crippen LogP contribution is 2.23. The van der Waals surface area contributed by atoms with Crippen LogP contribution in [0.1, 0.15) is 45.6 Å². The van der Waals surface area contributed by atoms with Crippen LogP contribution in [0.3, 0.4) is 0 Å². The van der Waals surface area contributed by atoms with Crippen molar-refractivity contribution in [3.8, 4) is 5.75 Å². The zero-order chi connectivity index (χ0) is 20.3. The monoisotopic (exact) mass is 402 g/mol. The number of benzene rings is 1. The molecule has 1 amide bonds. The van der Waals surface area contributed by atoms with E-state index in [1.165, 1.54) is 0 Å². The first kappa shape index (κ1) is 19.9. The molecule has 0 aliphatic rings. The van der Waals surface area contributed by atoms with E-state index in [-0.39, 0.29) is 24.8 Å². The Morgan fingerprint density at radius 3 is 2.86 bits per heavy atom. The Labute approximate surface area is 168 Å². The van der Waals surface area contributed by atoms with Gasteiger partial charge in [-0.15, -0.1) is 0 Å². The van der Waals surface area contributed by atoms with Crippen LogP contribution in [0.2, 0.25) is 5.02 Å². The fourth-order valence-corrected chi connectivity index (χ4v) is 3.04. The number of halogens is 1. The second kappa shape index (κ2) is 8.48. The number of aryl methyl sites for hydroxylation is 4. The van der Waals surface area contributed by atoms with Crippen molar-refractivity contribution < 1.29 is 14.1 Å². The lowest BCUT2D eigenvalue weighted by atomic mass is 10.1. The van der Waals surface area contributed by atoms with Crippen LogP contribution in [0.5, 0.6) is 5.75 Å². The van der Waals surface area contributed by atoms with E-state index < -0.39 is 0 Å². The number of nitrogens with one attached hydrogen (secondary N) is 1. The quantitative estimate of drug-likeness (QED) is 0.646. The van der Waals surface area contributed by atoms with Crippen molar-refractivity contribution in [2.24, 2.45) is 0 Å². The molecule has 0 bridgehead atoms. The van der Waals surface area contributed by atoms with E-state index in [0.29, 0.717) is 22.9 Å². The molecule has 28 heavy (non-hydrogen) atoms. The normalized spacial score (nSPS) is 10.9. The predicted octanol–water partition coefficient (Wildman–Crippen LogP) is 3.98. The lowest BCUT2D eigenvalue weighted by molar-refractivity contribution is 0.0938. The van der Waals surface area contributed by atoms with Crippen molar-refractivity contribution in [3.05, 3.63) is 63.3 Å². The number of nitrogens with zero attached hydrogens (tertiary/aromatic N) is 3. The van der Waals surface area contributed by atoms with Crippen molar-refractivity contribution in [3.63, 3.8) is 0 Å². The SMILES string of the molecule is CCn1ncc(Cl)c1CNC(=O)c1noc(C)c1COc1cc(C)ccc1C. The molecule has 8 heteroatoms. The maximum atomic E-state index is 12.7.